The van der Waals surface area contributed by atoms with Crippen molar-refractivity contribution >= 4 is 12.1 Å². The second-order valence-corrected chi connectivity index (χ2v) is 5.78. The smallest absolute Gasteiger partial charge is 0.440 e. The van der Waals surface area contributed by atoms with Crippen LogP contribution in [0.3, 0.4) is 0 Å². The summed E-state index contributed by atoms with van der Waals surface area (Å²) in [6.45, 7) is 4.42. The van der Waals surface area contributed by atoms with E-state index in [9.17, 15) is 9.59 Å². The number of carbonyl (C=O) groups excluding carboxylic acids is 1. The molecule has 0 aliphatic carbocycles. The minimum absolute atomic E-state index is 0.245. The lowest BCUT2D eigenvalue weighted by atomic mass is 10.1. The average molecular weight is 315 g/mol. The van der Waals surface area contributed by atoms with Gasteiger partial charge in [-0.2, -0.15) is 0 Å². The summed E-state index contributed by atoms with van der Waals surface area (Å²) in [7, 11) is 0. The van der Waals surface area contributed by atoms with E-state index in [4.69, 9.17) is 9.94 Å². The summed E-state index contributed by atoms with van der Waals surface area (Å²) >= 11 is 0. The van der Waals surface area contributed by atoms with E-state index < -0.39 is 12.1 Å². The van der Waals surface area contributed by atoms with Crippen molar-refractivity contribution in [2.45, 2.75) is 90.9 Å². The number of nitrogens with zero attached hydrogens (tertiary/aromatic N) is 1. The molecule has 0 saturated heterocycles. The van der Waals surface area contributed by atoms with E-state index in [0.717, 1.165) is 30.7 Å². The number of unbranched alkanes of at least 4 members (excludes halogenated alkanes) is 9. The fourth-order valence-electron chi connectivity index (χ4n) is 2.23. The standard InChI is InChI=1S/C17H33NO4/c1-3-5-7-8-9-10-11-12-13-14-16(19)22-18(17(20)21)15-6-4-2/h3-15H2,1-2H3,(H,20,21). The maximum atomic E-state index is 11.6. The molecule has 0 atom stereocenters. The molecule has 22 heavy (non-hydrogen) atoms. The van der Waals surface area contributed by atoms with Crippen LogP contribution in [0.1, 0.15) is 90.9 Å². The predicted molar refractivity (Wildman–Crippen MR) is 87.6 cm³/mol. The first-order valence-electron chi connectivity index (χ1n) is 8.83. The summed E-state index contributed by atoms with van der Waals surface area (Å²) in [4.78, 5) is 27.4. The predicted octanol–water partition coefficient (Wildman–Crippen LogP) is 5.15. The zero-order valence-corrected chi connectivity index (χ0v) is 14.3. The lowest BCUT2D eigenvalue weighted by Gasteiger charge is -2.17. The van der Waals surface area contributed by atoms with Crippen molar-refractivity contribution in [2.24, 2.45) is 0 Å². The van der Waals surface area contributed by atoms with Crippen LogP contribution in [0.15, 0.2) is 0 Å². The molecule has 1 amide bonds. The van der Waals surface area contributed by atoms with Crippen molar-refractivity contribution in [1.82, 2.24) is 5.06 Å². The summed E-state index contributed by atoms with van der Waals surface area (Å²) in [6, 6.07) is 0. The van der Waals surface area contributed by atoms with E-state index in [1.165, 1.54) is 38.5 Å². The van der Waals surface area contributed by atoms with Crippen LogP contribution in [0.5, 0.6) is 0 Å². The minimum atomic E-state index is -1.20. The maximum Gasteiger partial charge on any atom is 0.440 e. The molecule has 0 fully saturated rings. The molecule has 0 bridgehead atoms. The molecular weight excluding hydrogens is 282 g/mol. The van der Waals surface area contributed by atoms with Gasteiger partial charge in [-0.3, -0.25) is 0 Å². The van der Waals surface area contributed by atoms with Crippen molar-refractivity contribution in [1.29, 1.82) is 0 Å². The highest BCUT2D eigenvalue weighted by atomic mass is 16.7. The SMILES string of the molecule is CCCCCCCCCCCC(=O)ON(CCCC)C(=O)O. The van der Waals surface area contributed by atoms with Crippen LogP contribution in [0.4, 0.5) is 4.79 Å². The van der Waals surface area contributed by atoms with Crippen LogP contribution in [-0.2, 0) is 9.63 Å². The Balaban J connectivity index is 3.57. The third-order valence-electron chi connectivity index (χ3n) is 3.62. The van der Waals surface area contributed by atoms with Gasteiger partial charge >= 0.3 is 12.1 Å². The topological polar surface area (TPSA) is 66.8 Å². The number of carbonyl (C=O) groups is 2. The third-order valence-corrected chi connectivity index (χ3v) is 3.62. The molecule has 0 saturated carbocycles. The van der Waals surface area contributed by atoms with Gasteiger partial charge in [0.15, 0.2) is 0 Å². The number of hydrogen-bond donors (Lipinski definition) is 1. The molecule has 0 radical (unpaired) electrons. The Labute approximate surface area is 135 Å². The van der Waals surface area contributed by atoms with E-state index in [-0.39, 0.29) is 6.54 Å². The lowest BCUT2D eigenvalue weighted by molar-refractivity contribution is -0.180. The summed E-state index contributed by atoms with van der Waals surface area (Å²) in [5, 5.41) is 9.68. The largest absolute Gasteiger partial charge is 0.463 e. The van der Waals surface area contributed by atoms with Gasteiger partial charge in [0, 0.05) is 6.42 Å². The maximum absolute atomic E-state index is 11.6. The third kappa shape index (κ3) is 12.5. The van der Waals surface area contributed by atoms with Crippen LogP contribution in [-0.4, -0.2) is 28.8 Å². The van der Waals surface area contributed by atoms with E-state index in [2.05, 4.69) is 6.92 Å². The van der Waals surface area contributed by atoms with Crippen molar-refractivity contribution in [3.8, 4) is 0 Å². The van der Waals surface area contributed by atoms with E-state index in [0.29, 0.717) is 12.8 Å². The number of hydroxylamine groups is 2. The molecule has 0 aromatic rings. The highest BCUT2D eigenvalue weighted by Crippen LogP contribution is 2.11. The number of rotatable bonds is 13. The fourth-order valence-corrected chi connectivity index (χ4v) is 2.23. The number of carboxylic acid groups (broad SMARTS) is 1. The number of hydrogen-bond acceptors (Lipinski definition) is 3. The Hall–Kier alpha value is -1.26. The zero-order chi connectivity index (χ0) is 16.6. The van der Waals surface area contributed by atoms with E-state index in [1.54, 1.807) is 0 Å². The molecular formula is C17H33NO4. The summed E-state index contributed by atoms with van der Waals surface area (Å²) < 4.78 is 0. The molecule has 0 unspecified atom stereocenters. The second-order valence-electron chi connectivity index (χ2n) is 5.78. The van der Waals surface area contributed by atoms with E-state index >= 15 is 0 Å². The fraction of sp³-hybridized carbons (Fsp3) is 0.882. The monoisotopic (exact) mass is 315 g/mol. The molecule has 0 heterocycles. The van der Waals surface area contributed by atoms with Crippen LogP contribution in [0, 0.1) is 0 Å². The molecule has 0 aromatic heterocycles. The van der Waals surface area contributed by atoms with Gasteiger partial charge < -0.3 is 9.94 Å². The first kappa shape index (κ1) is 20.7. The second kappa shape index (κ2) is 14.7. The minimum Gasteiger partial charge on any atom is -0.463 e. The first-order chi connectivity index (χ1) is 10.6. The van der Waals surface area contributed by atoms with Crippen molar-refractivity contribution in [2.75, 3.05) is 6.54 Å². The summed E-state index contributed by atoms with van der Waals surface area (Å²) in [5.41, 5.74) is 0. The van der Waals surface area contributed by atoms with Crippen LogP contribution in [0.25, 0.3) is 0 Å². The Morgan fingerprint density at radius 1 is 0.818 bits per heavy atom. The van der Waals surface area contributed by atoms with Crippen LogP contribution >= 0.6 is 0 Å². The average Bonchev–Trinajstić information content (AvgIpc) is 2.49. The molecule has 0 aromatic carbocycles. The molecule has 130 valence electrons. The highest BCUT2D eigenvalue weighted by molar-refractivity contribution is 5.72. The van der Waals surface area contributed by atoms with Crippen LogP contribution in [0.2, 0.25) is 0 Å². The molecule has 0 rings (SSSR count). The lowest BCUT2D eigenvalue weighted by Crippen LogP contribution is -2.33. The summed E-state index contributed by atoms with van der Waals surface area (Å²) in [6.07, 6.45) is 11.3. The molecule has 0 aliphatic rings. The van der Waals surface area contributed by atoms with Gasteiger partial charge in [0.1, 0.15) is 0 Å². The first-order valence-corrected chi connectivity index (χ1v) is 8.83. The van der Waals surface area contributed by atoms with Gasteiger partial charge in [0.25, 0.3) is 0 Å². The van der Waals surface area contributed by atoms with Gasteiger partial charge in [0.05, 0.1) is 6.54 Å². The van der Waals surface area contributed by atoms with E-state index in [1.807, 2.05) is 6.92 Å². The Bertz CT molecular complexity index is 294. The van der Waals surface area contributed by atoms with Gasteiger partial charge in [-0.05, 0) is 12.8 Å². The Kier molecular flexibility index (Phi) is 13.8. The molecule has 0 aliphatic heterocycles. The Morgan fingerprint density at radius 3 is 1.82 bits per heavy atom. The normalized spacial score (nSPS) is 10.5. The number of amides is 1. The van der Waals surface area contributed by atoms with Gasteiger partial charge in [-0.1, -0.05) is 71.6 Å². The van der Waals surface area contributed by atoms with Crippen molar-refractivity contribution in [3.63, 3.8) is 0 Å². The summed E-state index contributed by atoms with van der Waals surface area (Å²) in [5.74, 6) is -0.443. The molecule has 5 heteroatoms. The van der Waals surface area contributed by atoms with Gasteiger partial charge in [-0.15, -0.1) is 5.06 Å². The molecule has 1 N–H and O–H groups in total. The highest BCUT2D eigenvalue weighted by Gasteiger charge is 2.16. The molecule has 0 spiro atoms. The van der Waals surface area contributed by atoms with Gasteiger partial charge in [0.2, 0.25) is 0 Å². The van der Waals surface area contributed by atoms with Gasteiger partial charge in [-0.25, -0.2) is 9.59 Å². The Morgan fingerprint density at radius 2 is 1.32 bits per heavy atom. The zero-order valence-electron chi connectivity index (χ0n) is 14.3. The van der Waals surface area contributed by atoms with Crippen molar-refractivity contribution < 1.29 is 19.5 Å². The quantitative estimate of drug-likeness (QED) is 0.377. The van der Waals surface area contributed by atoms with Crippen LogP contribution < -0.4 is 0 Å². The van der Waals surface area contributed by atoms with Crippen molar-refractivity contribution in [3.05, 3.63) is 0 Å². The molecule has 5 nitrogen and oxygen atoms in total.